The fraction of sp³-hybridized carbons (Fsp3) is 0.400. The van der Waals surface area contributed by atoms with Gasteiger partial charge in [-0.2, -0.15) is 0 Å². The number of anilines is 2. The van der Waals surface area contributed by atoms with Crippen LogP contribution >= 0.6 is 0 Å². The molecular formula is C25H32N4O4. The first-order chi connectivity index (χ1) is 16.0. The Labute approximate surface area is 194 Å². The first-order valence-corrected chi connectivity index (χ1v) is 11.4. The summed E-state index contributed by atoms with van der Waals surface area (Å²) in [6, 6.07) is 16.2. The average molecular weight is 453 g/mol. The second kappa shape index (κ2) is 11.9. The van der Waals surface area contributed by atoms with Crippen LogP contribution in [0.15, 0.2) is 54.6 Å². The van der Waals surface area contributed by atoms with Crippen molar-refractivity contribution in [1.82, 2.24) is 9.80 Å². The zero-order valence-electron chi connectivity index (χ0n) is 19.3. The van der Waals surface area contributed by atoms with E-state index in [2.05, 4.69) is 10.6 Å². The Kier molecular flexibility index (Phi) is 8.69. The lowest BCUT2D eigenvalue weighted by Gasteiger charge is -2.34. The monoisotopic (exact) mass is 452 g/mol. The van der Waals surface area contributed by atoms with Crippen molar-refractivity contribution in [2.45, 2.75) is 26.7 Å². The van der Waals surface area contributed by atoms with Crippen LogP contribution in [0.2, 0.25) is 0 Å². The summed E-state index contributed by atoms with van der Waals surface area (Å²) in [4.78, 5) is 40.9. The van der Waals surface area contributed by atoms with Gasteiger partial charge in [0.25, 0.3) is 5.91 Å². The number of nitrogens with one attached hydrogen (secondary N) is 2. The van der Waals surface area contributed by atoms with E-state index < -0.39 is 0 Å². The van der Waals surface area contributed by atoms with Gasteiger partial charge >= 0.3 is 6.03 Å². The number of para-hydroxylation sites is 1. The molecule has 33 heavy (non-hydrogen) atoms. The van der Waals surface area contributed by atoms with E-state index >= 15 is 0 Å². The molecule has 1 fully saturated rings. The van der Waals surface area contributed by atoms with Gasteiger partial charge in [0.1, 0.15) is 5.75 Å². The van der Waals surface area contributed by atoms with Gasteiger partial charge in [0.05, 0.1) is 0 Å². The Morgan fingerprint density at radius 2 is 1.61 bits per heavy atom. The maximum Gasteiger partial charge on any atom is 0.319 e. The molecule has 0 atom stereocenters. The maximum absolute atomic E-state index is 12.7. The summed E-state index contributed by atoms with van der Waals surface area (Å²) in [7, 11) is 0. The van der Waals surface area contributed by atoms with Crippen LogP contribution in [0, 0.1) is 5.92 Å². The number of piperidine rings is 1. The smallest absolute Gasteiger partial charge is 0.319 e. The first-order valence-electron chi connectivity index (χ1n) is 11.4. The summed E-state index contributed by atoms with van der Waals surface area (Å²) in [5, 5.41) is 5.70. The molecule has 0 aliphatic carbocycles. The Morgan fingerprint density at radius 1 is 0.939 bits per heavy atom. The lowest BCUT2D eigenvalue weighted by Crippen LogP contribution is -2.47. The molecule has 8 heteroatoms. The highest BCUT2D eigenvalue weighted by molar-refractivity contribution is 5.93. The third kappa shape index (κ3) is 6.97. The van der Waals surface area contributed by atoms with Gasteiger partial charge in [0.2, 0.25) is 5.91 Å². The number of ether oxygens (including phenoxy) is 1. The molecule has 0 bridgehead atoms. The van der Waals surface area contributed by atoms with Crippen LogP contribution in [0.4, 0.5) is 16.2 Å². The van der Waals surface area contributed by atoms with E-state index in [0.29, 0.717) is 56.1 Å². The zero-order valence-corrected chi connectivity index (χ0v) is 19.3. The standard InChI is InChI=1S/C25H32N4O4/c1-3-28(4-2)25(32)29-15-13-19(14-16-29)24(31)27-21-11-8-12-22(17-21)33-18-23(30)26-20-9-6-5-7-10-20/h5-12,17,19H,3-4,13-16,18H2,1-2H3,(H,26,30)(H,27,31). The van der Waals surface area contributed by atoms with Crippen LogP contribution in [0.3, 0.4) is 0 Å². The van der Waals surface area contributed by atoms with E-state index in [4.69, 9.17) is 4.74 Å². The maximum atomic E-state index is 12.7. The van der Waals surface area contributed by atoms with Crippen molar-refractivity contribution < 1.29 is 19.1 Å². The molecule has 176 valence electrons. The molecule has 0 spiro atoms. The van der Waals surface area contributed by atoms with Crippen LogP contribution in [0.25, 0.3) is 0 Å². The number of hydrogen-bond acceptors (Lipinski definition) is 4. The highest BCUT2D eigenvalue weighted by Gasteiger charge is 2.29. The van der Waals surface area contributed by atoms with Crippen molar-refractivity contribution in [3.05, 3.63) is 54.6 Å². The Balaban J connectivity index is 1.46. The molecule has 2 N–H and O–H groups in total. The minimum Gasteiger partial charge on any atom is -0.484 e. The molecule has 0 saturated carbocycles. The lowest BCUT2D eigenvalue weighted by molar-refractivity contribution is -0.121. The molecule has 1 aliphatic rings. The summed E-state index contributed by atoms with van der Waals surface area (Å²) in [6.45, 7) is 6.32. The van der Waals surface area contributed by atoms with E-state index in [9.17, 15) is 14.4 Å². The van der Waals surface area contributed by atoms with E-state index in [1.807, 2.05) is 36.9 Å². The minimum atomic E-state index is -0.262. The van der Waals surface area contributed by atoms with Crippen molar-refractivity contribution in [3.8, 4) is 5.75 Å². The van der Waals surface area contributed by atoms with Gasteiger partial charge in [-0.25, -0.2) is 4.79 Å². The molecule has 0 radical (unpaired) electrons. The predicted octanol–water partition coefficient (Wildman–Crippen LogP) is 3.82. The number of benzene rings is 2. The molecule has 0 aromatic heterocycles. The molecule has 1 aliphatic heterocycles. The fourth-order valence-corrected chi connectivity index (χ4v) is 3.80. The van der Waals surface area contributed by atoms with Crippen molar-refractivity contribution in [2.24, 2.45) is 5.92 Å². The van der Waals surface area contributed by atoms with Crippen molar-refractivity contribution in [3.63, 3.8) is 0 Å². The number of rotatable bonds is 8. The van der Waals surface area contributed by atoms with Crippen molar-refractivity contribution >= 4 is 29.2 Å². The minimum absolute atomic E-state index is 0.0417. The molecule has 4 amide bonds. The fourth-order valence-electron chi connectivity index (χ4n) is 3.80. The van der Waals surface area contributed by atoms with Crippen LogP contribution < -0.4 is 15.4 Å². The molecule has 0 unspecified atom stereocenters. The van der Waals surface area contributed by atoms with Gasteiger partial charge in [-0.05, 0) is 51.0 Å². The van der Waals surface area contributed by atoms with Crippen molar-refractivity contribution in [2.75, 3.05) is 43.4 Å². The molecule has 2 aromatic rings. The Bertz CT molecular complexity index is 938. The third-order valence-electron chi connectivity index (χ3n) is 5.70. The second-order valence-corrected chi connectivity index (χ2v) is 7.94. The number of carbonyl (C=O) groups is 3. The molecule has 1 heterocycles. The van der Waals surface area contributed by atoms with Crippen LogP contribution in [-0.2, 0) is 9.59 Å². The number of nitrogens with zero attached hydrogens (tertiary/aromatic N) is 2. The van der Waals surface area contributed by atoms with Gasteiger partial charge in [-0.15, -0.1) is 0 Å². The summed E-state index contributed by atoms with van der Waals surface area (Å²) in [5.74, 6) is 0.0215. The van der Waals surface area contributed by atoms with Crippen LogP contribution in [-0.4, -0.2) is 60.4 Å². The summed E-state index contributed by atoms with van der Waals surface area (Å²) in [6.07, 6.45) is 1.27. The van der Waals surface area contributed by atoms with Crippen LogP contribution in [0.1, 0.15) is 26.7 Å². The SMILES string of the molecule is CCN(CC)C(=O)N1CCC(C(=O)Nc2cccc(OCC(=O)Nc3ccccc3)c2)CC1. The lowest BCUT2D eigenvalue weighted by atomic mass is 9.96. The number of likely N-dealkylation sites (tertiary alicyclic amines) is 1. The van der Waals surface area contributed by atoms with E-state index in [1.165, 1.54) is 0 Å². The highest BCUT2D eigenvalue weighted by atomic mass is 16.5. The number of hydrogen-bond donors (Lipinski definition) is 2. The van der Waals surface area contributed by atoms with Crippen molar-refractivity contribution in [1.29, 1.82) is 0 Å². The highest BCUT2D eigenvalue weighted by Crippen LogP contribution is 2.22. The predicted molar refractivity (Wildman–Crippen MR) is 128 cm³/mol. The number of urea groups is 1. The third-order valence-corrected chi connectivity index (χ3v) is 5.70. The van der Waals surface area contributed by atoms with Crippen LogP contribution in [0.5, 0.6) is 5.75 Å². The summed E-state index contributed by atoms with van der Waals surface area (Å²) >= 11 is 0. The summed E-state index contributed by atoms with van der Waals surface area (Å²) < 4.78 is 5.58. The van der Waals surface area contributed by atoms with E-state index in [1.54, 1.807) is 41.3 Å². The zero-order chi connectivity index (χ0) is 23.6. The number of amides is 4. The average Bonchev–Trinajstić information content (AvgIpc) is 2.84. The van der Waals surface area contributed by atoms with E-state index in [-0.39, 0.29) is 30.4 Å². The molecule has 2 aromatic carbocycles. The normalized spacial score (nSPS) is 13.8. The van der Waals surface area contributed by atoms with Gasteiger partial charge in [-0.1, -0.05) is 24.3 Å². The summed E-state index contributed by atoms with van der Waals surface area (Å²) in [5.41, 5.74) is 1.32. The molecule has 1 saturated heterocycles. The quantitative estimate of drug-likeness (QED) is 0.637. The Morgan fingerprint density at radius 3 is 2.27 bits per heavy atom. The number of carbonyl (C=O) groups excluding carboxylic acids is 3. The van der Waals surface area contributed by atoms with Gasteiger partial charge in [0, 0.05) is 49.5 Å². The molecular weight excluding hydrogens is 420 g/mol. The van der Waals surface area contributed by atoms with Gasteiger partial charge in [0.15, 0.2) is 6.61 Å². The van der Waals surface area contributed by atoms with Gasteiger partial charge < -0.3 is 25.2 Å². The Hall–Kier alpha value is -3.55. The molecule has 3 rings (SSSR count). The first kappa shape index (κ1) is 24.1. The topological polar surface area (TPSA) is 91.0 Å². The van der Waals surface area contributed by atoms with E-state index in [0.717, 1.165) is 0 Å². The second-order valence-electron chi connectivity index (χ2n) is 7.94. The van der Waals surface area contributed by atoms with Gasteiger partial charge in [-0.3, -0.25) is 9.59 Å². The molecule has 8 nitrogen and oxygen atoms in total. The largest absolute Gasteiger partial charge is 0.484 e.